The van der Waals surface area contributed by atoms with Gasteiger partial charge in [-0.2, -0.15) is 15.8 Å². The van der Waals surface area contributed by atoms with Crippen molar-refractivity contribution in [2.24, 2.45) is 16.2 Å². The van der Waals surface area contributed by atoms with E-state index in [0.29, 0.717) is 19.3 Å². The normalized spacial score (nSPS) is 44.8. The largest absolute Gasteiger partial charge is 0.198 e. The molecule has 1 aliphatic rings. The Labute approximate surface area is 90.9 Å². The van der Waals surface area contributed by atoms with Gasteiger partial charge in [0.15, 0.2) is 0 Å². The van der Waals surface area contributed by atoms with Crippen LogP contribution < -0.4 is 0 Å². The number of rotatable bonds is 0. The predicted molar refractivity (Wildman–Crippen MR) is 55.0 cm³/mol. The van der Waals surface area contributed by atoms with Crippen LogP contribution in [0, 0.1) is 50.2 Å². The first-order valence-electron chi connectivity index (χ1n) is 5.04. The molecule has 1 aliphatic carbocycles. The molecule has 0 spiro atoms. The lowest BCUT2D eigenvalue weighted by Gasteiger charge is -2.44. The van der Waals surface area contributed by atoms with Crippen LogP contribution in [0.15, 0.2) is 0 Å². The van der Waals surface area contributed by atoms with Crippen molar-refractivity contribution >= 4 is 0 Å². The molecule has 78 valence electrons. The van der Waals surface area contributed by atoms with E-state index in [-0.39, 0.29) is 0 Å². The smallest absolute Gasteiger partial charge is 0.0688 e. The zero-order valence-electron chi connectivity index (χ0n) is 9.46. The third kappa shape index (κ3) is 2.11. The van der Waals surface area contributed by atoms with Crippen molar-refractivity contribution < 1.29 is 0 Å². The van der Waals surface area contributed by atoms with Gasteiger partial charge in [0.05, 0.1) is 34.5 Å². The zero-order chi connectivity index (χ0) is 11.7. The van der Waals surface area contributed by atoms with Crippen LogP contribution in [0.5, 0.6) is 0 Å². The predicted octanol–water partition coefficient (Wildman–Crippen LogP) is 2.76. The van der Waals surface area contributed by atoms with E-state index >= 15 is 0 Å². The minimum Gasteiger partial charge on any atom is -0.198 e. The molecule has 0 saturated heterocycles. The van der Waals surface area contributed by atoms with Gasteiger partial charge in [0.2, 0.25) is 0 Å². The summed E-state index contributed by atoms with van der Waals surface area (Å²) in [5.41, 5.74) is -1.65. The van der Waals surface area contributed by atoms with E-state index in [9.17, 15) is 0 Å². The fraction of sp³-hybridized carbons (Fsp3) is 0.750. The Bertz CT molecular complexity index is 321. The van der Waals surface area contributed by atoms with Crippen molar-refractivity contribution in [2.45, 2.75) is 40.0 Å². The van der Waals surface area contributed by atoms with Gasteiger partial charge in [0, 0.05) is 0 Å². The Hall–Kier alpha value is -1.53. The summed E-state index contributed by atoms with van der Waals surface area (Å²) >= 11 is 0. The molecule has 3 heteroatoms. The summed E-state index contributed by atoms with van der Waals surface area (Å²) in [7, 11) is 0. The second-order valence-electron chi connectivity index (χ2n) is 5.55. The van der Waals surface area contributed by atoms with E-state index in [2.05, 4.69) is 18.2 Å². The number of hydrogen-bond donors (Lipinski definition) is 0. The lowest BCUT2D eigenvalue weighted by molar-refractivity contribution is 0.0879. The Morgan fingerprint density at radius 1 is 0.667 bits per heavy atom. The van der Waals surface area contributed by atoms with Crippen LogP contribution >= 0.6 is 0 Å². The highest BCUT2D eigenvalue weighted by Crippen LogP contribution is 2.53. The third-order valence-corrected chi connectivity index (χ3v) is 3.15. The first-order chi connectivity index (χ1) is 6.80. The van der Waals surface area contributed by atoms with Gasteiger partial charge < -0.3 is 0 Å². The fourth-order valence-electron chi connectivity index (χ4n) is 3.01. The number of nitriles is 3. The van der Waals surface area contributed by atoms with Crippen molar-refractivity contribution in [3.05, 3.63) is 0 Å². The molecule has 0 bridgehead atoms. The number of nitrogens with zero attached hydrogens (tertiary/aromatic N) is 3. The average molecular weight is 201 g/mol. The Kier molecular flexibility index (Phi) is 2.50. The van der Waals surface area contributed by atoms with Crippen LogP contribution in [0.3, 0.4) is 0 Å². The van der Waals surface area contributed by atoms with Gasteiger partial charge in [0.25, 0.3) is 0 Å². The molecule has 0 aromatic carbocycles. The molecule has 0 amide bonds. The van der Waals surface area contributed by atoms with Crippen LogP contribution in [-0.2, 0) is 0 Å². The van der Waals surface area contributed by atoms with Gasteiger partial charge in [-0.1, -0.05) is 0 Å². The van der Waals surface area contributed by atoms with Gasteiger partial charge in [-0.3, -0.25) is 0 Å². The van der Waals surface area contributed by atoms with Crippen molar-refractivity contribution in [3.8, 4) is 18.2 Å². The standard InChI is InChI=1S/C12H15N3/c1-10(7-13)4-11(2,8-14)6-12(3,5-10)9-15/h4-6H2,1-3H3. The molecule has 0 aliphatic heterocycles. The fourth-order valence-corrected chi connectivity index (χ4v) is 3.01. The molecule has 0 aromatic heterocycles. The van der Waals surface area contributed by atoms with Gasteiger partial charge in [-0.25, -0.2) is 0 Å². The molecular weight excluding hydrogens is 186 g/mol. The summed E-state index contributed by atoms with van der Waals surface area (Å²) < 4.78 is 0. The molecular formula is C12H15N3. The minimum atomic E-state index is -0.548. The Morgan fingerprint density at radius 3 is 1.00 bits per heavy atom. The van der Waals surface area contributed by atoms with E-state index in [0.717, 1.165) is 0 Å². The van der Waals surface area contributed by atoms with Gasteiger partial charge >= 0.3 is 0 Å². The summed E-state index contributed by atoms with van der Waals surface area (Å²) in [6.07, 6.45) is 1.68. The summed E-state index contributed by atoms with van der Waals surface area (Å²) in [5, 5.41) is 27.4. The van der Waals surface area contributed by atoms with E-state index in [4.69, 9.17) is 15.8 Å². The van der Waals surface area contributed by atoms with E-state index < -0.39 is 16.2 Å². The molecule has 0 unspecified atom stereocenters. The average Bonchev–Trinajstić information content (AvgIpc) is 2.16. The van der Waals surface area contributed by atoms with Crippen LogP contribution in [0.1, 0.15) is 40.0 Å². The summed E-state index contributed by atoms with van der Waals surface area (Å²) in [6.45, 7) is 5.53. The lowest BCUT2D eigenvalue weighted by atomic mass is 9.56. The zero-order valence-corrected chi connectivity index (χ0v) is 9.46. The molecule has 0 radical (unpaired) electrons. The van der Waals surface area contributed by atoms with E-state index in [1.165, 1.54) is 0 Å². The first-order valence-corrected chi connectivity index (χ1v) is 5.04. The third-order valence-electron chi connectivity index (χ3n) is 3.15. The monoisotopic (exact) mass is 201 g/mol. The highest BCUT2D eigenvalue weighted by Gasteiger charge is 2.49. The lowest BCUT2D eigenvalue weighted by Crippen LogP contribution is -2.40. The Morgan fingerprint density at radius 2 is 0.867 bits per heavy atom. The molecule has 1 rings (SSSR count). The van der Waals surface area contributed by atoms with Gasteiger partial charge in [-0.15, -0.1) is 0 Å². The van der Waals surface area contributed by atoms with E-state index in [1.54, 1.807) is 0 Å². The summed E-state index contributed by atoms with van der Waals surface area (Å²) in [6, 6.07) is 6.77. The van der Waals surface area contributed by atoms with Gasteiger partial charge in [-0.05, 0) is 40.0 Å². The maximum absolute atomic E-state index is 9.14. The highest BCUT2D eigenvalue weighted by atomic mass is 14.5. The topological polar surface area (TPSA) is 71.4 Å². The van der Waals surface area contributed by atoms with Crippen molar-refractivity contribution in [1.82, 2.24) is 0 Å². The molecule has 15 heavy (non-hydrogen) atoms. The maximum Gasteiger partial charge on any atom is 0.0688 e. The van der Waals surface area contributed by atoms with Crippen LogP contribution in [-0.4, -0.2) is 0 Å². The van der Waals surface area contributed by atoms with Crippen molar-refractivity contribution in [3.63, 3.8) is 0 Å². The van der Waals surface area contributed by atoms with Crippen molar-refractivity contribution in [2.75, 3.05) is 0 Å². The first kappa shape index (κ1) is 11.5. The quantitative estimate of drug-likeness (QED) is 0.605. The molecule has 0 heterocycles. The Balaban J connectivity index is 3.13. The number of hydrogen-bond acceptors (Lipinski definition) is 3. The van der Waals surface area contributed by atoms with Gasteiger partial charge in [0.1, 0.15) is 0 Å². The van der Waals surface area contributed by atoms with Crippen LogP contribution in [0.4, 0.5) is 0 Å². The molecule has 1 saturated carbocycles. The maximum atomic E-state index is 9.14. The second kappa shape index (κ2) is 3.25. The summed E-state index contributed by atoms with van der Waals surface area (Å²) in [5.74, 6) is 0. The molecule has 0 N–H and O–H groups in total. The van der Waals surface area contributed by atoms with Crippen LogP contribution in [0.25, 0.3) is 0 Å². The molecule has 3 nitrogen and oxygen atoms in total. The highest BCUT2D eigenvalue weighted by molar-refractivity contribution is 5.17. The van der Waals surface area contributed by atoms with Crippen molar-refractivity contribution in [1.29, 1.82) is 15.8 Å². The minimum absolute atomic E-state index is 0.548. The summed E-state index contributed by atoms with van der Waals surface area (Å²) in [4.78, 5) is 0. The van der Waals surface area contributed by atoms with Crippen LogP contribution in [0.2, 0.25) is 0 Å². The molecule has 0 atom stereocenters. The second-order valence-corrected chi connectivity index (χ2v) is 5.55. The SMILES string of the molecule is CC1(C#N)CC(C)(C#N)CC(C)(C#N)C1. The molecule has 1 fully saturated rings. The molecule has 0 aromatic rings. The van der Waals surface area contributed by atoms with E-state index in [1.807, 2.05) is 20.8 Å².